The SMILES string of the molecule is Clc1ccc(-c2nc(Cn3nccn3)no2)cc1. The van der Waals surface area contributed by atoms with E-state index in [0.717, 1.165) is 5.56 Å². The lowest BCUT2D eigenvalue weighted by Gasteiger charge is -1.93. The van der Waals surface area contributed by atoms with Gasteiger partial charge in [-0.05, 0) is 24.3 Å². The molecule has 0 N–H and O–H groups in total. The van der Waals surface area contributed by atoms with Crippen molar-refractivity contribution in [2.24, 2.45) is 0 Å². The lowest BCUT2D eigenvalue weighted by atomic mass is 10.2. The molecule has 90 valence electrons. The van der Waals surface area contributed by atoms with Crippen molar-refractivity contribution in [3.05, 3.63) is 47.5 Å². The molecule has 0 bridgehead atoms. The van der Waals surface area contributed by atoms with Crippen LogP contribution in [0.25, 0.3) is 11.5 Å². The van der Waals surface area contributed by atoms with Crippen molar-refractivity contribution in [2.45, 2.75) is 6.54 Å². The van der Waals surface area contributed by atoms with Gasteiger partial charge in [-0.2, -0.15) is 20.0 Å². The molecule has 0 atom stereocenters. The Morgan fingerprint density at radius 1 is 1.11 bits per heavy atom. The molecule has 0 saturated carbocycles. The lowest BCUT2D eigenvalue weighted by Crippen LogP contribution is -2.04. The number of halogens is 1. The smallest absolute Gasteiger partial charge is 0.257 e. The molecule has 0 fully saturated rings. The first-order valence-electron chi connectivity index (χ1n) is 5.24. The summed E-state index contributed by atoms with van der Waals surface area (Å²) in [5, 5.41) is 12.5. The fraction of sp³-hybridized carbons (Fsp3) is 0.0909. The predicted octanol–water partition coefficient (Wildman–Crippen LogP) is 2.03. The van der Waals surface area contributed by atoms with Gasteiger partial charge in [-0.25, -0.2) is 0 Å². The largest absolute Gasteiger partial charge is 0.334 e. The van der Waals surface area contributed by atoms with Gasteiger partial charge in [-0.15, -0.1) is 0 Å². The second kappa shape index (κ2) is 4.58. The van der Waals surface area contributed by atoms with Crippen molar-refractivity contribution in [3.63, 3.8) is 0 Å². The summed E-state index contributed by atoms with van der Waals surface area (Å²) in [6.07, 6.45) is 3.19. The summed E-state index contributed by atoms with van der Waals surface area (Å²) < 4.78 is 5.17. The van der Waals surface area contributed by atoms with Crippen LogP contribution in [0.2, 0.25) is 5.02 Å². The Bertz CT molecular complexity index is 632. The van der Waals surface area contributed by atoms with E-state index in [1.807, 2.05) is 12.1 Å². The highest BCUT2D eigenvalue weighted by molar-refractivity contribution is 6.30. The molecule has 0 aliphatic rings. The molecule has 7 heteroatoms. The van der Waals surface area contributed by atoms with E-state index < -0.39 is 0 Å². The van der Waals surface area contributed by atoms with Crippen LogP contribution in [0.1, 0.15) is 5.82 Å². The van der Waals surface area contributed by atoms with E-state index in [4.69, 9.17) is 16.1 Å². The van der Waals surface area contributed by atoms with Crippen molar-refractivity contribution >= 4 is 11.6 Å². The maximum Gasteiger partial charge on any atom is 0.257 e. The molecule has 0 aliphatic heterocycles. The normalized spacial score (nSPS) is 10.7. The van der Waals surface area contributed by atoms with E-state index in [1.165, 1.54) is 4.80 Å². The van der Waals surface area contributed by atoms with E-state index in [9.17, 15) is 0 Å². The van der Waals surface area contributed by atoms with Crippen LogP contribution in [-0.4, -0.2) is 25.1 Å². The van der Waals surface area contributed by atoms with Crippen molar-refractivity contribution in [1.82, 2.24) is 25.1 Å². The van der Waals surface area contributed by atoms with E-state index in [2.05, 4.69) is 20.3 Å². The van der Waals surface area contributed by atoms with Gasteiger partial charge in [0.25, 0.3) is 5.89 Å². The highest BCUT2D eigenvalue weighted by Crippen LogP contribution is 2.19. The van der Waals surface area contributed by atoms with E-state index in [0.29, 0.717) is 23.3 Å². The van der Waals surface area contributed by atoms with Crippen LogP contribution >= 0.6 is 11.6 Å². The van der Waals surface area contributed by atoms with Crippen LogP contribution < -0.4 is 0 Å². The molecule has 0 unspecified atom stereocenters. The van der Waals surface area contributed by atoms with Gasteiger partial charge < -0.3 is 4.52 Å². The summed E-state index contributed by atoms with van der Waals surface area (Å²) in [5.41, 5.74) is 0.826. The summed E-state index contributed by atoms with van der Waals surface area (Å²) in [6, 6.07) is 7.20. The Morgan fingerprint density at radius 3 is 2.56 bits per heavy atom. The molecular weight excluding hydrogens is 254 g/mol. The number of nitrogens with zero attached hydrogens (tertiary/aromatic N) is 5. The summed E-state index contributed by atoms with van der Waals surface area (Å²) in [7, 11) is 0. The van der Waals surface area contributed by atoms with Gasteiger partial charge in [0.05, 0.1) is 12.4 Å². The van der Waals surface area contributed by atoms with Crippen LogP contribution in [0.5, 0.6) is 0 Å². The van der Waals surface area contributed by atoms with Crippen molar-refractivity contribution < 1.29 is 4.52 Å². The molecule has 1 aromatic carbocycles. The Kier molecular flexibility index (Phi) is 2.77. The number of rotatable bonds is 3. The third-order valence-electron chi connectivity index (χ3n) is 2.31. The summed E-state index contributed by atoms with van der Waals surface area (Å²) in [5.74, 6) is 0.977. The van der Waals surface area contributed by atoms with Crippen molar-refractivity contribution in [1.29, 1.82) is 0 Å². The standard InChI is InChI=1S/C11H8ClN5O/c12-9-3-1-8(2-4-9)11-15-10(16-18-11)7-17-13-5-6-14-17/h1-6H,7H2. The average Bonchev–Trinajstić information content (AvgIpc) is 3.02. The number of hydrogen-bond acceptors (Lipinski definition) is 5. The first-order chi connectivity index (χ1) is 8.81. The lowest BCUT2D eigenvalue weighted by molar-refractivity contribution is 0.415. The molecule has 0 spiro atoms. The van der Waals surface area contributed by atoms with Crippen LogP contribution in [0.15, 0.2) is 41.2 Å². The molecule has 18 heavy (non-hydrogen) atoms. The fourth-order valence-electron chi connectivity index (χ4n) is 1.48. The minimum atomic E-state index is 0.379. The van der Waals surface area contributed by atoms with Crippen molar-refractivity contribution in [2.75, 3.05) is 0 Å². The molecule has 2 aromatic heterocycles. The molecule has 0 amide bonds. The van der Waals surface area contributed by atoms with Crippen LogP contribution in [0, 0.1) is 0 Å². The third kappa shape index (κ3) is 2.23. The zero-order valence-electron chi connectivity index (χ0n) is 9.19. The van der Waals surface area contributed by atoms with Crippen LogP contribution in [-0.2, 0) is 6.54 Å². The number of hydrogen-bond donors (Lipinski definition) is 0. The number of benzene rings is 1. The first-order valence-corrected chi connectivity index (χ1v) is 5.62. The van der Waals surface area contributed by atoms with Crippen LogP contribution in [0.3, 0.4) is 0 Å². The molecule has 0 saturated heterocycles. The van der Waals surface area contributed by atoms with Gasteiger partial charge in [0.1, 0.15) is 6.54 Å². The maximum absolute atomic E-state index is 5.81. The van der Waals surface area contributed by atoms with E-state index >= 15 is 0 Å². The molecule has 0 radical (unpaired) electrons. The molecule has 3 rings (SSSR count). The monoisotopic (exact) mass is 261 g/mol. The topological polar surface area (TPSA) is 69.6 Å². The van der Waals surface area contributed by atoms with Crippen molar-refractivity contribution in [3.8, 4) is 11.5 Å². The Morgan fingerprint density at radius 2 is 1.83 bits per heavy atom. The predicted molar refractivity (Wildman–Crippen MR) is 63.9 cm³/mol. The van der Waals surface area contributed by atoms with Gasteiger partial charge in [0.15, 0.2) is 5.82 Å². The Labute approximate surface area is 107 Å². The number of aromatic nitrogens is 5. The molecule has 2 heterocycles. The average molecular weight is 262 g/mol. The van der Waals surface area contributed by atoms with Gasteiger partial charge >= 0.3 is 0 Å². The second-order valence-electron chi connectivity index (χ2n) is 3.58. The summed E-state index contributed by atoms with van der Waals surface area (Å²) in [6.45, 7) is 0.379. The molecule has 3 aromatic rings. The maximum atomic E-state index is 5.81. The Hall–Kier alpha value is -2.21. The summed E-state index contributed by atoms with van der Waals surface area (Å²) in [4.78, 5) is 5.75. The second-order valence-corrected chi connectivity index (χ2v) is 4.02. The summed E-state index contributed by atoms with van der Waals surface area (Å²) >= 11 is 5.81. The molecule has 0 aliphatic carbocycles. The first kappa shape index (κ1) is 10.9. The molecular formula is C11H8ClN5O. The minimum Gasteiger partial charge on any atom is -0.334 e. The van der Waals surface area contributed by atoms with Gasteiger partial charge in [0, 0.05) is 10.6 Å². The Balaban J connectivity index is 1.83. The van der Waals surface area contributed by atoms with E-state index in [1.54, 1.807) is 24.5 Å². The fourth-order valence-corrected chi connectivity index (χ4v) is 1.61. The van der Waals surface area contributed by atoms with Gasteiger partial charge in [-0.1, -0.05) is 16.8 Å². The van der Waals surface area contributed by atoms with E-state index in [-0.39, 0.29) is 0 Å². The minimum absolute atomic E-state index is 0.379. The zero-order valence-corrected chi connectivity index (χ0v) is 9.95. The zero-order chi connectivity index (χ0) is 12.4. The third-order valence-corrected chi connectivity index (χ3v) is 2.56. The highest BCUT2D eigenvalue weighted by Gasteiger charge is 2.09. The molecule has 6 nitrogen and oxygen atoms in total. The van der Waals surface area contributed by atoms with Gasteiger partial charge in [-0.3, -0.25) is 0 Å². The van der Waals surface area contributed by atoms with Crippen LogP contribution in [0.4, 0.5) is 0 Å². The quantitative estimate of drug-likeness (QED) is 0.721. The van der Waals surface area contributed by atoms with Gasteiger partial charge in [0.2, 0.25) is 0 Å². The highest BCUT2D eigenvalue weighted by atomic mass is 35.5.